The first-order chi connectivity index (χ1) is 15.7. The van der Waals surface area contributed by atoms with Crippen LogP contribution in [-0.2, 0) is 19.3 Å². The first-order valence-electron chi connectivity index (χ1n) is 12.8. The van der Waals surface area contributed by atoms with Crippen LogP contribution in [0.2, 0.25) is 0 Å². The molecule has 0 bridgehead atoms. The summed E-state index contributed by atoms with van der Waals surface area (Å²) in [6.07, 6.45) is 28.1. The lowest BCUT2D eigenvalue weighted by atomic mass is 10.0. The number of carbonyl (C=O) groups is 1. The maximum Gasteiger partial charge on any atom is 0.306 e. The Bertz CT molecular complexity index is 562. The molecule has 0 aromatic heterocycles. The van der Waals surface area contributed by atoms with Gasteiger partial charge in [-0.25, -0.2) is 9.78 Å². The van der Waals surface area contributed by atoms with Crippen LogP contribution in [0.25, 0.3) is 0 Å². The molecule has 5 heteroatoms. The van der Waals surface area contributed by atoms with E-state index in [2.05, 4.69) is 30.9 Å². The summed E-state index contributed by atoms with van der Waals surface area (Å²) in [4.78, 5) is 21.5. The molecule has 182 valence electrons. The predicted molar refractivity (Wildman–Crippen MR) is 128 cm³/mol. The number of rotatable bonds is 17. The number of aliphatic carboxylic acids is 1. The molecule has 0 saturated carbocycles. The van der Waals surface area contributed by atoms with Crippen LogP contribution in [0.5, 0.6) is 0 Å². The van der Waals surface area contributed by atoms with Gasteiger partial charge in [0.05, 0.1) is 18.6 Å². The summed E-state index contributed by atoms with van der Waals surface area (Å²) in [6.45, 7) is 3.74. The van der Waals surface area contributed by atoms with Gasteiger partial charge in [-0.2, -0.15) is 0 Å². The summed E-state index contributed by atoms with van der Waals surface area (Å²) in [5.41, 5.74) is 0. The van der Waals surface area contributed by atoms with Gasteiger partial charge in [-0.15, -0.1) is 6.58 Å². The molecule has 2 rings (SSSR count). The van der Waals surface area contributed by atoms with E-state index >= 15 is 0 Å². The number of unbranched alkanes of at least 4 members (excludes halogenated alkanes) is 8. The number of allylic oxidation sites excluding steroid dienone is 5. The van der Waals surface area contributed by atoms with Crippen LogP contribution in [0.15, 0.2) is 37.0 Å². The van der Waals surface area contributed by atoms with Gasteiger partial charge < -0.3 is 9.84 Å². The standard InChI is InChI=1S/C27H44O5/c1-2-3-4-5-6-7-8-9-10-11-12-13-14-15-16-17-23-18-20-25(30-23)26-21-19-24(31-32-26)22-27(28)29/h2,6-9,23-26H,1,3-5,10-22H2,(H,28,29)/b7-6+,9-8-/t23-,24-,25+,26-/m0/s1. The molecule has 32 heavy (non-hydrogen) atoms. The fraction of sp³-hybridized carbons (Fsp3) is 0.741. The highest BCUT2D eigenvalue weighted by molar-refractivity contribution is 5.67. The largest absolute Gasteiger partial charge is 0.481 e. The molecule has 4 atom stereocenters. The van der Waals surface area contributed by atoms with Crippen molar-refractivity contribution in [2.75, 3.05) is 0 Å². The van der Waals surface area contributed by atoms with E-state index in [4.69, 9.17) is 19.6 Å². The Hall–Kier alpha value is -1.43. The fourth-order valence-corrected chi connectivity index (χ4v) is 4.47. The minimum Gasteiger partial charge on any atom is -0.481 e. The van der Waals surface area contributed by atoms with Gasteiger partial charge in [0.1, 0.15) is 12.2 Å². The molecule has 0 unspecified atom stereocenters. The summed E-state index contributed by atoms with van der Waals surface area (Å²) in [6, 6.07) is 0. The third-order valence-corrected chi connectivity index (χ3v) is 6.35. The topological polar surface area (TPSA) is 65.0 Å². The summed E-state index contributed by atoms with van der Waals surface area (Å²) in [5, 5.41) is 8.84. The van der Waals surface area contributed by atoms with Crippen molar-refractivity contribution < 1.29 is 24.4 Å². The number of carboxylic acid groups (broad SMARTS) is 1. The van der Waals surface area contributed by atoms with Gasteiger partial charge in [0.2, 0.25) is 0 Å². The molecule has 2 heterocycles. The zero-order chi connectivity index (χ0) is 22.9. The van der Waals surface area contributed by atoms with Crippen molar-refractivity contribution in [2.45, 2.75) is 127 Å². The zero-order valence-electron chi connectivity index (χ0n) is 19.8. The Morgan fingerprint density at radius 1 is 0.781 bits per heavy atom. The minimum absolute atomic E-state index is 0.00557. The number of hydrogen-bond donors (Lipinski definition) is 1. The minimum atomic E-state index is -0.843. The Balaban J connectivity index is 1.39. The maximum absolute atomic E-state index is 10.8. The first-order valence-corrected chi connectivity index (χ1v) is 12.8. The van der Waals surface area contributed by atoms with Crippen LogP contribution >= 0.6 is 0 Å². The molecule has 0 aliphatic carbocycles. The predicted octanol–water partition coefficient (Wildman–Crippen LogP) is 7.08. The highest BCUT2D eigenvalue weighted by Gasteiger charge is 2.36. The van der Waals surface area contributed by atoms with Crippen LogP contribution in [0.3, 0.4) is 0 Å². The van der Waals surface area contributed by atoms with E-state index in [1.807, 2.05) is 6.08 Å². The smallest absolute Gasteiger partial charge is 0.306 e. The maximum atomic E-state index is 10.8. The quantitative estimate of drug-likeness (QED) is 0.111. The van der Waals surface area contributed by atoms with Gasteiger partial charge in [0.25, 0.3) is 0 Å². The number of carboxylic acids is 1. The number of hydrogen-bond acceptors (Lipinski definition) is 4. The Kier molecular flexibility index (Phi) is 14.3. The van der Waals surface area contributed by atoms with E-state index in [1.54, 1.807) is 0 Å². The second-order valence-corrected chi connectivity index (χ2v) is 9.18. The summed E-state index contributed by atoms with van der Waals surface area (Å²) >= 11 is 0. The normalized spacial score (nSPS) is 26.2. The van der Waals surface area contributed by atoms with Crippen LogP contribution < -0.4 is 0 Å². The summed E-state index contributed by atoms with van der Waals surface area (Å²) in [7, 11) is 0. The van der Waals surface area contributed by atoms with Gasteiger partial charge in [-0.05, 0) is 64.2 Å². The van der Waals surface area contributed by atoms with E-state index in [1.165, 1.54) is 51.4 Å². The average molecular weight is 449 g/mol. The van der Waals surface area contributed by atoms with Gasteiger partial charge >= 0.3 is 5.97 Å². The third-order valence-electron chi connectivity index (χ3n) is 6.35. The molecule has 2 saturated heterocycles. The van der Waals surface area contributed by atoms with Crippen molar-refractivity contribution in [3.05, 3.63) is 37.0 Å². The van der Waals surface area contributed by atoms with Gasteiger partial charge in [-0.1, -0.05) is 62.5 Å². The molecule has 0 amide bonds. The van der Waals surface area contributed by atoms with Gasteiger partial charge in [-0.3, -0.25) is 4.79 Å². The van der Waals surface area contributed by atoms with E-state index in [-0.39, 0.29) is 24.7 Å². The van der Waals surface area contributed by atoms with E-state index < -0.39 is 5.97 Å². The highest BCUT2D eigenvalue weighted by atomic mass is 17.2. The molecule has 0 aromatic carbocycles. The fourth-order valence-electron chi connectivity index (χ4n) is 4.47. The van der Waals surface area contributed by atoms with E-state index in [0.717, 1.165) is 44.9 Å². The molecular formula is C27H44O5. The van der Waals surface area contributed by atoms with Crippen molar-refractivity contribution in [3.63, 3.8) is 0 Å². The molecule has 2 aliphatic rings. The Morgan fingerprint density at radius 2 is 1.44 bits per heavy atom. The first kappa shape index (κ1) is 26.8. The average Bonchev–Trinajstić information content (AvgIpc) is 3.25. The van der Waals surface area contributed by atoms with Crippen molar-refractivity contribution in [1.29, 1.82) is 0 Å². The molecule has 1 N–H and O–H groups in total. The molecule has 0 spiro atoms. The van der Waals surface area contributed by atoms with Crippen LogP contribution in [0.4, 0.5) is 0 Å². The van der Waals surface area contributed by atoms with Gasteiger partial charge in [0, 0.05) is 0 Å². The van der Waals surface area contributed by atoms with Crippen molar-refractivity contribution >= 4 is 5.97 Å². The molecule has 2 fully saturated rings. The van der Waals surface area contributed by atoms with Crippen LogP contribution in [-0.4, -0.2) is 35.5 Å². The monoisotopic (exact) mass is 448 g/mol. The lowest BCUT2D eigenvalue weighted by Gasteiger charge is -2.30. The summed E-state index contributed by atoms with van der Waals surface area (Å²) < 4.78 is 6.20. The zero-order valence-corrected chi connectivity index (χ0v) is 19.8. The second kappa shape index (κ2) is 17.1. The lowest BCUT2D eigenvalue weighted by Crippen LogP contribution is -2.37. The second-order valence-electron chi connectivity index (χ2n) is 9.18. The van der Waals surface area contributed by atoms with Crippen molar-refractivity contribution in [1.82, 2.24) is 0 Å². The SMILES string of the molecule is C=CCCC/C=C/C=C\CCCCCCCC[C@H]1CC[C@H]([C@@H]2CC[C@@H](CC(=O)O)OO2)O1. The van der Waals surface area contributed by atoms with Crippen molar-refractivity contribution in [3.8, 4) is 0 Å². The van der Waals surface area contributed by atoms with Crippen molar-refractivity contribution in [2.24, 2.45) is 0 Å². The molecule has 2 aliphatic heterocycles. The molecular weight excluding hydrogens is 404 g/mol. The Labute approximate surface area is 194 Å². The molecule has 0 aromatic rings. The number of ether oxygens (including phenoxy) is 1. The summed E-state index contributed by atoms with van der Waals surface area (Å²) in [5.74, 6) is -0.843. The van der Waals surface area contributed by atoms with E-state index in [0.29, 0.717) is 6.10 Å². The molecule has 5 nitrogen and oxygen atoms in total. The van der Waals surface area contributed by atoms with E-state index in [9.17, 15) is 4.79 Å². The van der Waals surface area contributed by atoms with Crippen LogP contribution in [0, 0.1) is 0 Å². The Morgan fingerprint density at radius 3 is 2.12 bits per heavy atom. The molecule has 0 radical (unpaired) electrons. The third kappa shape index (κ3) is 12.0. The lowest BCUT2D eigenvalue weighted by molar-refractivity contribution is -0.385. The van der Waals surface area contributed by atoms with Gasteiger partial charge in [0.15, 0.2) is 0 Å². The highest BCUT2D eigenvalue weighted by Crippen LogP contribution is 2.31. The van der Waals surface area contributed by atoms with Crippen LogP contribution in [0.1, 0.15) is 103 Å².